The molecule has 172 valence electrons. The zero-order valence-electron chi connectivity index (χ0n) is 19.4. The highest BCUT2D eigenvalue weighted by Gasteiger charge is 2.08. The molecule has 0 saturated heterocycles. The van der Waals surface area contributed by atoms with Crippen molar-refractivity contribution in [2.75, 3.05) is 40.0 Å². The second-order valence-corrected chi connectivity index (χ2v) is 6.98. The predicted molar refractivity (Wildman–Crippen MR) is 122 cm³/mol. The first-order chi connectivity index (χ1) is 15.1. The SMILES string of the molecule is CCOc1ccc(CCNC(=NCc2nnc(C)n2C)NCCCOC)cc1OCC. The van der Waals surface area contributed by atoms with E-state index in [-0.39, 0.29) is 0 Å². The van der Waals surface area contributed by atoms with Crippen LogP contribution in [0.25, 0.3) is 0 Å². The number of aliphatic imine (C=N–C) groups is 1. The summed E-state index contributed by atoms with van der Waals surface area (Å²) < 4.78 is 18.4. The molecule has 0 aliphatic rings. The van der Waals surface area contributed by atoms with Crippen LogP contribution in [0.5, 0.6) is 11.5 Å². The van der Waals surface area contributed by atoms with Gasteiger partial charge in [0.15, 0.2) is 23.3 Å². The number of nitrogens with one attached hydrogen (secondary N) is 2. The molecule has 0 spiro atoms. The van der Waals surface area contributed by atoms with Gasteiger partial charge in [-0.1, -0.05) is 6.07 Å². The standard InChI is InChI=1S/C22H36N6O3/c1-6-30-19-10-9-18(15-20(19)31-7-2)11-13-24-22(23-12-8-14-29-5)25-16-21-27-26-17(3)28(21)4/h9-10,15H,6-8,11-14,16H2,1-5H3,(H2,23,24,25). The molecule has 2 N–H and O–H groups in total. The van der Waals surface area contributed by atoms with Crippen molar-refractivity contribution in [2.45, 2.75) is 40.2 Å². The summed E-state index contributed by atoms with van der Waals surface area (Å²) in [5.74, 6) is 4.00. The molecule has 31 heavy (non-hydrogen) atoms. The summed E-state index contributed by atoms with van der Waals surface area (Å²) in [4.78, 5) is 4.67. The van der Waals surface area contributed by atoms with Crippen molar-refractivity contribution < 1.29 is 14.2 Å². The molecule has 9 heteroatoms. The van der Waals surface area contributed by atoms with Gasteiger partial charge in [0.2, 0.25) is 0 Å². The highest BCUT2D eigenvalue weighted by molar-refractivity contribution is 5.79. The molecule has 0 saturated carbocycles. The molecule has 2 aromatic rings. The van der Waals surface area contributed by atoms with E-state index in [4.69, 9.17) is 14.2 Å². The van der Waals surface area contributed by atoms with E-state index in [1.165, 1.54) is 5.56 Å². The average Bonchev–Trinajstić information content (AvgIpc) is 3.08. The van der Waals surface area contributed by atoms with Crippen LogP contribution in [0.1, 0.15) is 37.5 Å². The van der Waals surface area contributed by atoms with Gasteiger partial charge in [-0.25, -0.2) is 4.99 Å². The number of hydrogen-bond donors (Lipinski definition) is 2. The van der Waals surface area contributed by atoms with Crippen LogP contribution in [0.15, 0.2) is 23.2 Å². The van der Waals surface area contributed by atoms with Gasteiger partial charge in [0.25, 0.3) is 0 Å². The molecule has 0 aliphatic carbocycles. The fraction of sp³-hybridized carbons (Fsp3) is 0.591. The van der Waals surface area contributed by atoms with Crippen molar-refractivity contribution in [3.05, 3.63) is 35.4 Å². The van der Waals surface area contributed by atoms with Crippen LogP contribution < -0.4 is 20.1 Å². The lowest BCUT2D eigenvalue weighted by Gasteiger charge is -2.14. The second kappa shape index (κ2) is 13.5. The van der Waals surface area contributed by atoms with Gasteiger partial charge < -0.3 is 29.4 Å². The fourth-order valence-electron chi connectivity index (χ4n) is 2.91. The largest absolute Gasteiger partial charge is 0.490 e. The van der Waals surface area contributed by atoms with E-state index in [9.17, 15) is 0 Å². The minimum Gasteiger partial charge on any atom is -0.490 e. The van der Waals surface area contributed by atoms with Crippen molar-refractivity contribution in [2.24, 2.45) is 12.0 Å². The zero-order valence-corrected chi connectivity index (χ0v) is 19.4. The first kappa shape index (κ1) is 24.5. The van der Waals surface area contributed by atoms with Crippen molar-refractivity contribution in [1.82, 2.24) is 25.4 Å². The third-order valence-electron chi connectivity index (χ3n) is 4.69. The van der Waals surface area contributed by atoms with Crippen molar-refractivity contribution in [3.8, 4) is 11.5 Å². The van der Waals surface area contributed by atoms with E-state index in [0.29, 0.717) is 26.4 Å². The minimum absolute atomic E-state index is 0.453. The Bertz CT molecular complexity index is 822. The number of methoxy groups -OCH3 is 1. The summed E-state index contributed by atoms with van der Waals surface area (Å²) in [6.07, 6.45) is 1.73. The Morgan fingerprint density at radius 3 is 2.48 bits per heavy atom. The maximum absolute atomic E-state index is 5.73. The maximum atomic E-state index is 5.73. The zero-order chi connectivity index (χ0) is 22.5. The van der Waals surface area contributed by atoms with E-state index < -0.39 is 0 Å². The van der Waals surface area contributed by atoms with Gasteiger partial charge in [0.1, 0.15) is 12.4 Å². The van der Waals surface area contributed by atoms with E-state index in [0.717, 1.165) is 55.0 Å². The van der Waals surface area contributed by atoms with Crippen LogP contribution in [-0.4, -0.2) is 60.7 Å². The van der Waals surface area contributed by atoms with Crippen LogP contribution in [-0.2, 0) is 24.8 Å². The number of guanidine groups is 1. The van der Waals surface area contributed by atoms with E-state index in [1.807, 2.05) is 44.5 Å². The molecule has 1 heterocycles. The van der Waals surface area contributed by atoms with Crippen LogP contribution in [0.4, 0.5) is 0 Å². The lowest BCUT2D eigenvalue weighted by atomic mass is 10.1. The smallest absolute Gasteiger partial charge is 0.191 e. The Labute approximate surface area is 185 Å². The van der Waals surface area contributed by atoms with Gasteiger partial charge in [0.05, 0.1) is 13.2 Å². The van der Waals surface area contributed by atoms with Crippen LogP contribution in [0.2, 0.25) is 0 Å². The molecule has 0 amide bonds. The Hall–Kier alpha value is -2.81. The highest BCUT2D eigenvalue weighted by atomic mass is 16.5. The van der Waals surface area contributed by atoms with Crippen LogP contribution in [0.3, 0.4) is 0 Å². The number of benzene rings is 1. The molecule has 9 nitrogen and oxygen atoms in total. The number of ether oxygens (including phenoxy) is 3. The summed E-state index contributed by atoms with van der Waals surface area (Å²) in [5.41, 5.74) is 1.17. The normalized spacial score (nSPS) is 11.5. The third kappa shape index (κ3) is 8.09. The fourth-order valence-corrected chi connectivity index (χ4v) is 2.91. The molecule has 2 rings (SSSR count). The molecule has 0 fully saturated rings. The highest BCUT2D eigenvalue weighted by Crippen LogP contribution is 2.28. The monoisotopic (exact) mass is 432 g/mol. The maximum Gasteiger partial charge on any atom is 0.191 e. The average molecular weight is 433 g/mol. The van der Waals surface area contributed by atoms with E-state index in [1.54, 1.807) is 7.11 Å². The molecule has 1 aromatic carbocycles. The lowest BCUT2D eigenvalue weighted by Crippen LogP contribution is -2.39. The van der Waals surface area contributed by atoms with Gasteiger partial charge in [-0.2, -0.15) is 0 Å². The summed E-state index contributed by atoms with van der Waals surface area (Å²) >= 11 is 0. The quantitative estimate of drug-likeness (QED) is 0.285. The lowest BCUT2D eigenvalue weighted by molar-refractivity contribution is 0.195. The molecule has 0 aliphatic heterocycles. The number of rotatable bonds is 13. The van der Waals surface area contributed by atoms with E-state index in [2.05, 4.69) is 31.9 Å². The second-order valence-electron chi connectivity index (χ2n) is 6.98. The molecule has 0 bridgehead atoms. The molecular weight excluding hydrogens is 396 g/mol. The van der Waals surface area contributed by atoms with Crippen LogP contribution >= 0.6 is 0 Å². The molecule has 0 radical (unpaired) electrons. The van der Waals surface area contributed by atoms with Crippen molar-refractivity contribution in [1.29, 1.82) is 0 Å². The summed E-state index contributed by atoms with van der Waals surface area (Å²) in [6, 6.07) is 6.08. The van der Waals surface area contributed by atoms with Gasteiger partial charge in [-0.3, -0.25) is 0 Å². The number of aryl methyl sites for hydroxylation is 1. The number of nitrogens with zero attached hydrogens (tertiary/aromatic N) is 4. The number of aromatic nitrogens is 3. The van der Waals surface area contributed by atoms with Gasteiger partial charge in [-0.15, -0.1) is 10.2 Å². The summed E-state index contributed by atoms with van der Waals surface area (Å²) in [7, 11) is 3.65. The van der Waals surface area contributed by atoms with E-state index >= 15 is 0 Å². The number of hydrogen-bond acceptors (Lipinski definition) is 6. The van der Waals surface area contributed by atoms with Crippen molar-refractivity contribution in [3.63, 3.8) is 0 Å². The molecular formula is C22H36N6O3. The Morgan fingerprint density at radius 2 is 1.81 bits per heavy atom. The Morgan fingerprint density at radius 1 is 1.06 bits per heavy atom. The summed E-state index contributed by atoms with van der Waals surface area (Å²) in [5, 5.41) is 15.0. The van der Waals surface area contributed by atoms with Gasteiger partial charge in [-0.05, 0) is 51.3 Å². The topological polar surface area (TPSA) is 94.8 Å². The third-order valence-corrected chi connectivity index (χ3v) is 4.69. The van der Waals surface area contributed by atoms with Gasteiger partial charge >= 0.3 is 0 Å². The first-order valence-electron chi connectivity index (χ1n) is 10.8. The predicted octanol–water partition coefficient (Wildman–Crippen LogP) is 2.24. The van der Waals surface area contributed by atoms with Crippen molar-refractivity contribution >= 4 is 5.96 Å². The molecule has 0 unspecified atom stereocenters. The van der Waals surface area contributed by atoms with Crippen LogP contribution in [0, 0.1) is 6.92 Å². The Kier molecular flexibility index (Phi) is 10.6. The Balaban J connectivity index is 1.97. The summed E-state index contributed by atoms with van der Waals surface area (Å²) in [6.45, 7) is 9.74. The molecule has 0 atom stereocenters. The first-order valence-corrected chi connectivity index (χ1v) is 10.8. The molecule has 1 aromatic heterocycles. The van der Waals surface area contributed by atoms with Gasteiger partial charge in [0, 0.05) is 33.9 Å². The minimum atomic E-state index is 0.453.